The number of carboxylic acids is 3. The summed E-state index contributed by atoms with van der Waals surface area (Å²) in [6, 6.07) is 30.7. The minimum absolute atomic E-state index is 0.000278. The summed E-state index contributed by atoms with van der Waals surface area (Å²) >= 11 is 0. The van der Waals surface area contributed by atoms with Crippen LogP contribution in [0.25, 0.3) is 0 Å². The minimum Gasteiger partial charge on any atom is -0.489 e. The van der Waals surface area contributed by atoms with Crippen LogP contribution in [0.3, 0.4) is 0 Å². The van der Waals surface area contributed by atoms with Crippen LogP contribution in [-0.2, 0) is 22.6 Å². The second-order valence-corrected chi connectivity index (χ2v) is 13.6. The number of aryl methyl sites for hydroxylation is 1. The number of nitrogens with one attached hydrogen (secondary N) is 1. The van der Waals surface area contributed by atoms with E-state index < -0.39 is 29.7 Å². The summed E-state index contributed by atoms with van der Waals surface area (Å²) in [4.78, 5) is 72.0. The molecule has 1 amide bonds. The number of aliphatic carboxylic acids is 1. The molecule has 0 bridgehead atoms. The van der Waals surface area contributed by atoms with Gasteiger partial charge in [-0.1, -0.05) is 54.6 Å². The number of ketones is 2. The van der Waals surface area contributed by atoms with Crippen LogP contribution in [0.4, 0.5) is 11.4 Å². The Bertz CT molecular complexity index is 2340. The van der Waals surface area contributed by atoms with E-state index in [4.69, 9.17) is 19.4 Å². The molecule has 13 nitrogen and oxygen atoms in total. The van der Waals surface area contributed by atoms with Crippen molar-refractivity contribution in [1.82, 2.24) is 0 Å². The zero-order valence-corrected chi connectivity index (χ0v) is 32.1. The van der Waals surface area contributed by atoms with E-state index in [0.717, 1.165) is 29.6 Å². The number of carboxylic acid groups (broad SMARTS) is 3. The number of carbonyl (C=O) groups excluding carboxylic acids is 3. The lowest BCUT2D eigenvalue weighted by Gasteiger charge is -2.24. The van der Waals surface area contributed by atoms with Crippen molar-refractivity contribution in [3.05, 3.63) is 161 Å². The standard InChI is InChI=1S/C21H17NO3.C16H17NO4.C9H8O4/c23-21(24)18-8-10-19(11-9-18)22-14-16-6-12-20(13-7-16)25-15-17-4-2-1-3-5-17;1-10(18)11-5-4-6-12(9-11)17-15(19)13-7-2-3-8-14(13)16(20)21;10-6-2-1-3-7-8(6)5(4-13-7)9(11)12/h1-14H,15H2,(H,23,24);2-6,9,13-14H,7-8H2,1H3,(H,17,19)(H,20,21);4H,1-3H2,(H,11,12). The van der Waals surface area contributed by atoms with Gasteiger partial charge in [0.15, 0.2) is 11.6 Å². The summed E-state index contributed by atoms with van der Waals surface area (Å²) in [6.07, 6.45) is 9.11. The van der Waals surface area contributed by atoms with Gasteiger partial charge in [-0.25, -0.2) is 9.59 Å². The zero-order chi connectivity index (χ0) is 42.3. The number of furan rings is 1. The molecule has 13 heteroatoms. The molecule has 0 radical (unpaired) electrons. The number of hydrogen-bond acceptors (Lipinski definition) is 9. The highest BCUT2D eigenvalue weighted by molar-refractivity contribution is 6.07. The van der Waals surface area contributed by atoms with E-state index in [1.807, 2.05) is 60.7 Å². The van der Waals surface area contributed by atoms with Crippen molar-refractivity contribution in [3.8, 4) is 5.75 Å². The highest BCUT2D eigenvalue weighted by atomic mass is 16.5. The second kappa shape index (κ2) is 20.7. The fraction of sp³-hybridized carbons (Fsp3) is 0.196. The van der Waals surface area contributed by atoms with Gasteiger partial charge in [-0.15, -0.1) is 0 Å². The summed E-state index contributed by atoms with van der Waals surface area (Å²) in [5, 5.41) is 29.5. The van der Waals surface area contributed by atoms with Gasteiger partial charge in [0.2, 0.25) is 5.91 Å². The van der Waals surface area contributed by atoms with Crippen molar-refractivity contribution in [2.75, 3.05) is 5.32 Å². The number of carbonyl (C=O) groups is 6. The van der Waals surface area contributed by atoms with Gasteiger partial charge in [0.1, 0.15) is 29.9 Å². The first kappa shape index (κ1) is 42.7. The van der Waals surface area contributed by atoms with Crippen molar-refractivity contribution >= 4 is 53.0 Å². The second-order valence-electron chi connectivity index (χ2n) is 13.6. The average Bonchev–Trinajstić information content (AvgIpc) is 3.70. The Morgan fingerprint density at radius 1 is 0.797 bits per heavy atom. The zero-order valence-electron chi connectivity index (χ0n) is 32.1. The first-order valence-corrected chi connectivity index (χ1v) is 18.7. The molecule has 0 saturated heterocycles. The SMILES string of the molecule is CC(=O)c1cccc(NC(=O)C2CC=CCC2C(=O)O)c1.O=C(O)c1ccc(N=Cc2ccc(OCc3ccccc3)cc2)cc1.O=C(O)c1coc2c1C(=O)CCC2. The smallest absolute Gasteiger partial charge is 0.339 e. The number of hydrogen-bond donors (Lipinski definition) is 4. The third kappa shape index (κ3) is 12.3. The number of Topliss-reactive ketones (excluding diaryl/α,β-unsaturated/α-hetero) is 2. The van der Waals surface area contributed by atoms with E-state index >= 15 is 0 Å². The van der Waals surface area contributed by atoms with Crippen molar-refractivity contribution in [3.63, 3.8) is 0 Å². The number of anilines is 1. The molecule has 0 aliphatic heterocycles. The van der Waals surface area contributed by atoms with Crippen LogP contribution >= 0.6 is 0 Å². The lowest BCUT2D eigenvalue weighted by atomic mass is 9.82. The molecule has 2 unspecified atom stereocenters. The van der Waals surface area contributed by atoms with E-state index in [1.54, 1.807) is 48.7 Å². The van der Waals surface area contributed by atoms with Crippen LogP contribution in [-0.4, -0.2) is 56.9 Å². The van der Waals surface area contributed by atoms with E-state index in [0.29, 0.717) is 55.0 Å². The highest BCUT2D eigenvalue weighted by Gasteiger charge is 2.34. The Hall–Kier alpha value is -7.41. The van der Waals surface area contributed by atoms with Gasteiger partial charge in [0.05, 0.1) is 28.7 Å². The maximum absolute atomic E-state index is 12.3. The van der Waals surface area contributed by atoms with Gasteiger partial charge in [-0.2, -0.15) is 0 Å². The molecule has 302 valence electrons. The van der Waals surface area contributed by atoms with E-state index in [-0.39, 0.29) is 34.2 Å². The lowest BCUT2D eigenvalue weighted by Crippen LogP contribution is -2.34. The van der Waals surface area contributed by atoms with E-state index in [9.17, 15) is 33.9 Å². The van der Waals surface area contributed by atoms with Crippen LogP contribution in [0, 0.1) is 11.8 Å². The molecule has 2 aliphatic carbocycles. The lowest BCUT2D eigenvalue weighted by molar-refractivity contribution is -0.146. The van der Waals surface area contributed by atoms with Crippen LogP contribution in [0.5, 0.6) is 5.75 Å². The Labute approximate surface area is 339 Å². The molecule has 5 aromatic rings. The van der Waals surface area contributed by atoms with Gasteiger partial charge >= 0.3 is 17.9 Å². The van der Waals surface area contributed by atoms with E-state index in [1.165, 1.54) is 19.1 Å². The first-order chi connectivity index (χ1) is 28.4. The molecule has 4 aromatic carbocycles. The monoisotopic (exact) mass is 798 g/mol. The number of benzene rings is 4. The normalized spacial score (nSPS) is 15.4. The largest absolute Gasteiger partial charge is 0.489 e. The van der Waals surface area contributed by atoms with Gasteiger partial charge < -0.3 is 29.8 Å². The number of aromatic carboxylic acids is 2. The number of aliphatic imine (C=N–C) groups is 1. The molecular weight excluding hydrogens is 757 g/mol. The van der Waals surface area contributed by atoms with Crippen LogP contribution in [0.1, 0.15) is 90.9 Å². The molecule has 0 spiro atoms. The Kier molecular flexibility index (Phi) is 15.0. The van der Waals surface area contributed by atoms with Gasteiger partial charge in [-0.3, -0.25) is 24.2 Å². The van der Waals surface area contributed by atoms with E-state index in [2.05, 4.69) is 10.3 Å². The molecule has 1 heterocycles. The molecule has 0 fully saturated rings. The summed E-state index contributed by atoms with van der Waals surface area (Å²) < 4.78 is 10.8. The molecule has 7 rings (SSSR count). The van der Waals surface area contributed by atoms with Gasteiger partial charge in [-0.05, 0) is 98.0 Å². The number of ether oxygens (including phenoxy) is 1. The number of allylic oxidation sites excluding steroid dienone is 2. The minimum atomic E-state index is -1.10. The summed E-state index contributed by atoms with van der Waals surface area (Å²) in [5.74, 6) is -3.51. The van der Waals surface area contributed by atoms with Crippen LogP contribution in [0.15, 0.2) is 131 Å². The molecule has 0 saturated carbocycles. The van der Waals surface area contributed by atoms with Gasteiger partial charge in [0.25, 0.3) is 0 Å². The maximum Gasteiger partial charge on any atom is 0.339 e. The number of rotatable bonds is 11. The predicted octanol–water partition coefficient (Wildman–Crippen LogP) is 8.71. The van der Waals surface area contributed by atoms with Crippen molar-refractivity contribution < 1.29 is 53.2 Å². The summed E-state index contributed by atoms with van der Waals surface area (Å²) in [7, 11) is 0. The first-order valence-electron chi connectivity index (χ1n) is 18.7. The Balaban J connectivity index is 0.000000176. The van der Waals surface area contributed by atoms with Crippen molar-refractivity contribution in [2.45, 2.75) is 45.6 Å². The number of fused-ring (bicyclic) bond motifs is 1. The van der Waals surface area contributed by atoms with Crippen LogP contribution in [0.2, 0.25) is 0 Å². The average molecular weight is 799 g/mol. The maximum atomic E-state index is 12.3. The predicted molar refractivity (Wildman–Crippen MR) is 219 cm³/mol. The Morgan fingerprint density at radius 2 is 1.49 bits per heavy atom. The fourth-order valence-electron chi connectivity index (χ4n) is 6.24. The topological polar surface area (TPSA) is 210 Å². The van der Waals surface area contributed by atoms with Crippen molar-refractivity contribution in [1.29, 1.82) is 0 Å². The molecule has 59 heavy (non-hydrogen) atoms. The molecule has 1 aromatic heterocycles. The summed E-state index contributed by atoms with van der Waals surface area (Å²) in [5.41, 5.74) is 4.30. The Morgan fingerprint density at radius 3 is 2.14 bits per heavy atom. The number of nitrogens with zero attached hydrogens (tertiary/aromatic N) is 1. The molecular formula is C46H42N2O11. The molecule has 2 atom stereocenters. The number of amides is 1. The van der Waals surface area contributed by atoms with Crippen molar-refractivity contribution in [2.24, 2.45) is 16.8 Å². The quantitative estimate of drug-likeness (QED) is 0.0564. The molecule has 4 N–H and O–H groups in total. The molecule has 2 aliphatic rings. The van der Waals surface area contributed by atoms with Crippen LogP contribution < -0.4 is 10.1 Å². The van der Waals surface area contributed by atoms with Gasteiger partial charge in [0, 0.05) is 30.3 Å². The fourth-order valence-corrected chi connectivity index (χ4v) is 6.24. The third-order valence-corrected chi connectivity index (χ3v) is 9.41. The third-order valence-electron chi connectivity index (χ3n) is 9.41. The highest BCUT2D eigenvalue weighted by Crippen LogP contribution is 2.28. The summed E-state index contributed by atoms with van der Waals surface area (Å²) in [6.45, 7) is 1.98.